The number of carbonyl (C=O) groups is 1. The number of nitrogens with one attached hydrogen (secondary N) is 1. The van der Waals surface area contributed by atoms with Crippen LogP contribution in [0.5, 0.6) is 0 Å². The highest BCUT2D eigenvalue weighted by atomic mass is 16.1. The third kappa shape index (κ3) is 2.22. The van der Waals surface area contributed by atoms with Crippen molar-refractivity contribution in [1.29, 1.82) is 0 Å². The number of benzene rings is 1. The number of nitrogens with zero attached hydrogens (tertiary/aromatic N) is 5. The number of rotatable bonds is 3. The van der Waals surface area contributed by atoms with Gasteiger partial charge in [0.1, 0.15) is 23.2 Å². The second kappa shape index (κ2) is 5.83. The predicted octanol–water partition coefficient (Wildman–Crippen LogP) is 2.29. The van der Waals surface area contributed by atoms with E-state index in [1.807, 2.05) is 48.7 Å². The fourth-order valence-corrected chi connectivity index (χ4v) is 3.17. The largest absolute Gasteiger partial charge is 0.383 e. The molecule has 0 radical (unpaired) electrons. The van der Waals surface area contributed by atoms with E-state index in [0.717, 1.165) is 10.9 Å². The van der Waals surface area contributed by atoms with Gasteiger partial charge in [0.2, 0.25) is 0 Å². The Balaban J connectivity index is 2.16. The van der Waals surface area contributed by atoms with E-state index in [-0.39, 0.29) is 11.9 Å². The molecule has 0 aliphatic carbocycles. The Labute approximate surface area is 149 Å². The molecule has 0 unspecified atom stereocenters. The standard InChI is InChI=1S/C18H19N7O/c1-10(2)25-16-14(15(19)21-9-22-16)17(23-25)24-12-7-5-4-6-11(12)8-13(24)18(26)20-3/h4-10H,1-3H3,(H,20,26)(H2,19,21,22). The molecule has 0 saturated heterocycles. The topological polar surface area (TPSA) is 104 Å². The summed E-state index contributed by atoms with van der Waals surface area (Å²) in [7, 11) is 1.60. The van der Waals surface area contributed by atoms with Gasteiger partial charge in [-0.1, -0.05) is 18.2 Å². The SMILES string of the molecule is CNC(=O)c1cc2ccccc2n1-c1nn(C(C)C)c2ncnc(N)c12. The van der Waals surface area contributed by atoms with Crippen molar-refractivity contribution in [2.45, 2.75) is 19.9 Å². The maximum atomic E-state index is 12.5. The molecular weight excluding hydrogens is 330 g/mol. The van der Waals surface area contributed by atoms with E-state index in [0.29, 0.717) is 28.4 Å². The average molecular weight is 349 g/mol. The minimum Gasteiger partial charge on any atom is -0.383 e. The van der Waals surface area contributed by atoms with Crippen LogP contribution in [-0.2, 0) is 0 Å². The van der Waals surface area contributed by atoms with Crippen LogP contribution in [-0.4, -0.2) is 37.3 Å². The smallest absolute Gasteiger partial charge is 0.268 e. The molecule has 26 heavy (non-hydrogen) atoms. The molecule has 4 aromatic rings. The minimum absolute atomic E-state index is 0.0748. The first-order chi connectivity index (χ1) is 12.5. The lowest BCUT2D eigenvalue weighted by Crippen LogP contribution is -2.21. The number of amides is 1. The van der Waals surface area contributed by atoms with Gasteiger partial charge in [-0.3, -0.25) is 9.36 Å². The van der Waals surface area contributed by atoms with Crippen LogP contribution >= 0.6 is 0 Å². The number of nitrogen functional groups attached to an aromatic ring is 1. The molecule has 0 fully saturated rings. The number of aromatic nitrogens is 5. The third-order valence-electron chi connectivity index (χ3n) is 4.37. The summed E-state index contributed by atoms with van der Waals surface area (Å²) in [6, 6.07) is 9.68. The lowest BCUT2D eigenvalue weighted by molar-refractivity contribution is 0.0956. The van der Waals surface area contributed by atoms with Crippen molar-refractivity contribution < 1.29 is 4.79 Å². The summed E-state index contributed by atoms with van der Waals surface area (Å²) in [6.45, 7) is 4.03. The van der Waals surface area contributed by atoms with E-state index in [1.165, 1.54) is 6.33 Å². The van der Waals surface area contributed by atoms with Crippen LogP contribution in [0.15, 0.2) is 36.7 Å². The summed E-state index contributed by atoms with van der Waals surface area (Å²) in [5.41, 5.74) is 8.15. The number of nitrogens with two attached hydrogens (primary N) is 1. The molecule has 0 aliphatic heterocycles. The van der Waals surface area contributed by atoms with Crippen molar-refractivity contribution in [2.24, 2.45) is 0 Å². The molecule has 4 rings (SSSR count). The minimum atomic E-state index is -0.205. The number of fused-ring (bicyclic) bond motifs is 2. The van der Waals surface area contributed by atoms with Crippen LogP contribution in [0.25, 0.3) is 27.8 Å². The molecule has 0 spiro atoms. The average Bonchev–Trinajstić information content (AvgIpc) is 3.20. The summed E-state index contributed by atoms with van der Waals surface area (Å²) in [5, 5.41) is 9.00. The van der Waals surface area contributed by atoms with Gasteiger partial charge in [-0.25, -0.2) is 14.6 Å². The molecule has 1 aromatic carbocycles. The zero-order valence-corrected chi connectivity index (χ0v) is 14.8. The van der Waals surface area contributed by atoms with Crippen LogP contribution in [0.2, 0.25) is 0 Å². The Morgan fingerprint density at radius 1 is 1.23 bits per heavy atom. The van der Waals surface area contributed by atoms with Crippen LogP contribution in [0, 0.1) is 0 Å². The molecular formula is C18H19N7O. The molecule has 3 heterocycles. The highest BCUT2D eigenvalue weighted by molar-refractivity contribution is 6.02. The molecule has 1 amide bonds. The highest BCUT2D eigenvalue weighted by Gasteiger charge is 2.23. The van der Waals surface area contributed by atoms with Gasteiger partial charge in [-0.2, -0.15) is 5.10 Å². The number of hydrogen-bond acceptors (Lipinski definition) is 5. The second-order valence-electron chi connectivity index (χ2n) is 6.32. The highest BCUT2D eigenvalue weighted by Crippen LogP contribution is 2.31. The van der Waals surface area contributed by atoms with E-state index in [1.54, 1.807) is 11.7 Å². The first-order valence-electron chi connectivity index (χ1n) is 8.34. The van der Waals surface area contributed by atoms with Gasteiger partial charge in [-0.05, 0) is 26.0 Å². The van der Waals surface area contributed by atoms with Crippen molar-refractivity contribution in [3.8, 4) is 5.82 Å². The van der Waals surface area contributed by atoms with Gasteiger partial charge < -0.3 is 11.1 Å². The molecule has 0 bridgehead atoms. The predicted molar refractivity (Wildman–Crippen MR) is 100 cm³/mol. The monoisotopic (exact) mass is 349 g/mol. The number of para-hydroxylation sites is 1. The zero-order chi connectivity index (χ0) is 18.4. The van der Waals surface area contributed by atoms with Crippen LogP contribution in [0.4, 0.5) is 5.82 Å². The van der Waals surface area contributed by atoms with Gasteiger partial charge in [0, 0.05) is 18.5 Å². The van der Waals surface area contributed by atoms with Gasteiger partial charge in [0.15, 0.2) is 11.5 Å². The molecule has 8 nitrogen and oxygen atoms in total. The Morgan fingerprint density at radius 3 is 2.73 bits per heavy atom. The van der Waals surface area contributed by atoms with Gasteiger partial charge >= 0.3 is 0 Å². The van der Waals surface area contributed by atoms with Gasteiger partial charge in [0.25, 0.3) is 5.91 Å². The van der Waals surface area contributed by atoms with Crippen molar-refractivity contribution in [1.82, 2.24) is 29.6 Å². The molecule has 0 aliphatic rings. The summed E-state index contributed by atoms with van der Waals surface area (Å²) in [6.07, 6.45) is 1.43. The Hall–Kier alpha value is -3.42. The van der Waals surface area contributed by atoms with Crippen LogP contribution < -0.4 is 11.1 Å². The fourth-order valence-electron chi connectivity index (χ4n) is 3.17. The summed E-state index contributed by atoms with van der Waals surface area (Å²) in [4.78, 5) is 21.0. The Kier molecular flexibility index (Phi) is 3.61. The Bertz CT molecular complexity index is 1140. The second-order valence-corrected chi connectivity index (χ2v) is 6.32. The number of carbonyl (C=O) groups excluding carboxylic acids is 1. The molecule has 8 heteroatoms. The van der Waals surface area contributed by atoms with Crippen LogP contribution in [0.3, 0.4) is 0 Å². The fraction of sp³-hybridized carbons (Fsp3) is 0.222. The zero-order valence-electron chi connectivity index (χ0n) is 14.8. The summed E-state index contributed by atoms with van der Waals surface area (Å²) >= 11 is 0. The normalized spacial score (nSPS) is 11.5. The first-order valence-corrected chi connectivity index (χ1v) is 8.34. The van der Waals surface area contributed by atoms with Crippen molar-refractivity contribution in [3.05, 3.63) is 42.4 Å². The van der Waals surface area contributed by atoms with Crippen molar-refractivity contribution >= 4 is 33.7 Å². The van der Waals surface area contributed by atoms with E-state index >= 15 is 0 Å². The maximum absolute atomic E-state index is 12.5. The van der Waals surface area contributed by atoms with Gasteiger partial charge in [0.05, 0.1) is 5.52 Å². The number of anilines is 1. The molecule has 3 aromatic heterocycles. The molecule has 0 atom stereocenters. The molecule has 3 N–H and O–H groups in total. The number of hydrogen-bond donors (Lipinski definition) is 2. The van der Waals surface area contributed by atoms with Crippen molar-refractivity contribution in [2.75, 3.05) is 12.8 Å². The van der Waals surface area contributed by atoms with E-state index in [4.69, 9.17) is 10.8 Å². The van der Waals surface area contributed by atoms with E-state index < -0.39 is 0 Å². The molecule has 0 saturated carbocycles. The Morgan fingerprint density at radius 2 is 2.00 bits per heavy atom. The lowest BCUT2D eigenvalue weighted by atomic mass is 10.2. The molecule has 132 valence electrons. The lowest BCUT2D eigenvalue weighted by Gasteiger charge is -2.08. The maximum Gasteiger partial charge on any atom is 0.268 e. The first kappa shape index (κ1) is 16.1. The summed E-state index contributed by atoms with van der Waals surface area (Å²) < 4.78 is 3.61. The summed E-state index contributed by atoms with van der Waals surface area (Å²) in [5.74, 6) is 0.674. The van der Waals surface area contributed by atoms with Crippen molar-refractivity contribution in [3.63, 3.8) is 0 Å². The van der Waals surface area contributed by atoms with E-state index in [9.17, 15) is 4.79 Å². The third-order valence-corrected chi connectivity index (χ3v) is 4.37. The van der Waals surface area contributed by atoms with Crippen LogP contribution in [0.1, 0.15) is 30.4 Å². The van der Waals surface area contributed by atoms with Gasteiger partial charge in [-0.15, -0.1) is 0 Å². The van der Waals surface area contributed by atoms with E-state index in [2.05, 4.69) is 15.3 Å². The quantitative estimate of drug-likeness (QED) is 0.590.